The number of carbonyl (C=O) groups excluding carboxylic acids is 1. The standard InChI is InChI=1S/C15H21NO3/c1-9-5-10(2)12(13(18-4)11(9)3)14(17)15(6-16)7-19-8-15/h5H,6-8,16H2,1-4H3. The summed E-state index contributed by atoms with van der Waals surface area (Å²) in [5.41, 5.74) is 8.92. The van der Waals surface area contributed by atoms with Crippen LogP contribution in [0.15, 0.2) is 6.07 Å². The Morgan fingerprint density at radius 2 is 2.00 bits per heavy atom. The molecule has 1 aromatic carbocycles. The van der Waals surface area contributed by atoms with E-state index in [0.717, 1.165) is 16.7 Å². The third-order valence-electron chi connectivity index (χ3n) is 4.05. The summed E-state index contributed by atoms with van der Waals surface area (Å²) in [6.45, 7) is 7.03. The van der Waals surface area contributed by atoms with Crippen molar-refractivity contribution in [2.75, 3.05) is 26.9 Å². The van der Waals surface area contributed by atoms with Crippen molar-refractivity contribution < 1.29 is 14.3 Å². The molecule has 4 nitrogen and oxygen atoms in total. The number of nitrogens with two attached hydrogens (primary N) is 1. The van der Waals surface area contributed by atoms with E-state index in [1.807, 2.05) is 26.8 Å². The Kier molecular flexibility index (Phi) is 3.65. The first-order chi connectivity index (χ1) is 8.96. The van der Waals surface area contributed by atoms with Crippen molar-refractivity contribution in [3.63, 3.8) is 0 Å². The van der Waals surface area contributed by atoms with Gasteiger partial charge in [0.15, 0.2) is 5.78 Å². The van der Waals surface area contributed by atoms with E-state index in [4.69, 9.17) is 15.2 Å². The van der Waals surface area contributed by atoms with Gasteiger partial charge in [0.25, 0.3) is 0 Å². The van der Waals surface area contributed by atoms with Gasteiger partial charge in [0.2, 0.25) is 0 Å². The highest BCUT2D eigenvalue weighted by Crippen LogP contribution is 2.37. The maximum absolute atomic E-state index is 12.8. The van der Waals surface area contributed by atoms with Crippen LogP contribution >= 0.6 is 0 Å². The smallest absolute Gasteiger partial charge is 0.178 e. The number of Topliss-reactive ketones (excluding diaryl/α,β-unsaturated/α-hetero) is 1. The van der Waals surface area contributed by atoms with Gasteiger partial charge >= 0.3 is 0 Å². The van der Waals surface area contributed by atoms with E-state index < -0.39 is 5.41 Å². The highest BCUT2D eigenvalue weighted by Gasteiger charge is 2.46. The van der Waals surface area contributed by atoms with E-state index in [1.54, 1.807) is 7.11 Å². The Labute approximate surface area is 113 Å². The second kappa shape index (κ2) is 4.94. The fourth-order valence-electron chi connectivity index (χ4n) is 2.54. The molecule has 1 saturated heterocycles. The molecule has 1 aliphatic heterocycles. The summed E-state index contributed by atoms with van der Waals surface area (Å²) in [7, 11) is 1.60. The van der Waals surface area contributed by atoms with Gasteiger partial charge < -0.3 is 15.2 Å². The van der Waals surface area contributed by atoms with Gasteiger partial charge in [-0.15, -0.1) is 0 Å². The monoisotopic (exact) mass is 263 g/mol. The predicted molar refractivity (Wildman–Crippen MR) is 73.8 cm³/mol. The molecule has 0 amide bonds. The lowest BCUT2D eigenvalue weighted by atomic mass is 9.76. The summed E-state index contributed by atoms with van der Waals surface area (Å²) < 4.78 is 10.7. The van der Waals surface area contributed by atoms with Crippen molar-refractivity contribution >= 4 is 5.78 Å². The van der Waals surface area contributed by atoms with E-state index in [1.165, 1.54) is 0 Å². The normalized spacial score (nSPS) is 16.9. The highest BCUT2D eigenvalue weighted by molar-refractivity contribution is 6.05. The second-order valence-corrected chi connectivity index (χ2v) is 5.35. The molecule has 0 atom stereocenters. The van der Waals surface area contributed by atoms with Gasteiger partial charge in [-0.25, -0.2) is 0 Å². The number of hydrogen-bond acceptors (Lipinski definition) is 4. The molecule has 0 saturated carbocycles. The molecule has 2 N–H and O–H groups in total. The van der Waals surface area contributed by atoms with E-state index in [-0.39, 0.29) is 5.78 Å². The van der Waals surface area contributed by atoms with Gasteiger partial charge in [0, 0.05) is 6.54 Å². The molecular formula is C15H21NO3. The Morgan fingerprint density at radius 1 is 1.37 bits per heavy atom. The SMILES string of the molecule is COc1c(C)c(C)cc(C)c1C(=O)C1(CN)COC1. The second-order valence-electron chi connectivity index (χ2n) is 5.35. The molecule has 0 radical (unpaired) electrons. The third kappa shape index (κ3) is 2.05. The minimum atomic E-state index is -0.570. The molecule has 0 spiro atoms. The maximum atomic E-state index is 12.8. The van der Waals surface area contributed by atoms with Crippen LogP contribution in [0.5, 0.6) is 5.75 Å². The Morgan fingerprint density at radius 3 is 2.42 bits per heavy atom. The Bertz CT molecular complexity index is 513. The highest BCUT2D eigenvalue weighted by atomic mass is 16.5. The number of benzene rings is 1. The zero-order valence-electron chi connectivity index (χ0n) is 12.0. The fourth-order valence-corrected chi connectivity index (χ4v) is 2.54. The van der Waals surface area contributed by atoms with Gasteiger partial charge in [-0.3, -0.25) is 4.79 Å². The number of aryl methyl sites for hydroxylation is 2. The quantitative estimate of drug-likeness (QED) is 0.841. The van der Waals surface area contributed by atoms with Gasteiger partial charge in [-0.05, 0) is 37.5 Å². The van der Waals surface area contributed by atoms with Crippen molar-refractivity contribution in [1.29, 1.82) is 0 Å². The molecule has 0 unspecified atom stereocenters. The molecule has 19 heavy (non-hydrogen) atoms. The van der Waals surface area contributed by atoms with Crippen molar-refractivity contribution in [3.05, 3.63) is 28.3 Å². The Hall–Kier alpha value is -1.39. The summed E-state index contributed by atoms with van der Waals surface area (Å²) >= 11 is 0. The summed E-state index contributed by atoms with van der Waals surface area (Å²) in [5, 5.41) is 0. The van der Waals surface area contributed by atoms with Crippen LogP contribution in [-0.2, 0) is 4.74 Å². The van der Waals surface area contributed by atoms with Gasteiger partial charge in [0.1, 0.15) is 5.75 Å². The van der Waals surface area contributed by atoms with Crippen LogP contribution in [0.2, 0.25) is 0 Å². The summed E-state index contributed by atoms with van der Waals surface area (Å²) in [5.74, 6) is 0.709. The lowest BCUT2D eigenvalue weighted by molar-refractivity contribution is -0.0817. The molecule has 2 rings (SSSR count). The molecular weight excluding hydrogens is 242 g/mol. The van der Waals surface area contributed by atoms with Crippen LogP contribution < -0.4 is 10.5 Å². The maximum Gasteiger partial charge on any atom is 0.178 e. The largest absolute Gasteiger partial charge is 0.496 e. The number of ether oxygens (including phenoxy) is 2. The van der Waals surface area contributed by atoms with Crippen LogP contribution in [0.4, 0.5) is 0 Å². The molecule has 0 aromatic heterocycles. The van der Waals surface area contributed by atoms with Crippen LogP contribution in [0.3, 0.4) is 0 Å². The summed E-state index contributed by atoms with van der Waals surface area (Å²) in [6.07, 6.45) is 0. The lowest BCUT2D eigenvalue weighted by Gasteiger charge is -2.39. The third-order valence-corrected chi connectivity index (χ3v) is 4.05. The van der Waals surface area contributed by atoms with Crippen LogP contribution in [-0.4, -0.2) is 32.7 Å². The van der Waals surface area contributed by atoms with Crippen molar-refractivity contribution in [2.45, 2.75) is 20.8 Å². The molecule has 0 aliphatic carbocycles. The van der Waals surface area contributed by atoms with E-state index in [9.17, 15) is 4.79 Å². The predicted octanol–water partition coefficient (Wildman–Crippen LogP) is 1.78. The van der Waals surface area contributed by atoms with Gasteiger partial charge in [-0.1, -0.05) is 6.07 Å². The van der Waals surface area contributed by atoms with E-state index in [2.05, 4.69) is 0 Å². The van der Waals surface area contributed by atoms with Gasteiger partial charge in [0.05, 0.1) is 31.3 Å². The van der Waals surface area contributed by atoms with Crippen molar-refractivity contribution in [1.82, 2.24) is 0 Å². The van der Waals surface area contributed by atoms with E-state index >= 15 is 0 Å². The molecule has 0 bridgehead atoms. The zero-order chi connectivity index (χ0) is 14.2. The first-order valence-corrected chi connectivity index (χ1v) is 6.44. The first-order valence-electron chi connectivity index (χ1n) is 6.44. The van der Waals surface area contributed by atoms with E-state index in [0.29, 0.717) is 31.1 Å². The summed E-state index contributed by atoms with van der Waals surface area (Å²) in [4.78, 5) is 12.8. The number of hydrogen-bond donors (Lipinski definition) is 1. The molecule has 104 valence electrons. The molecule has 1 aliphatic rings. The Balaban J connectivity index is 2.56. The number of methoxy groups -OCH3 is 1. The first kappa shape index (κ1) is 14.0. The topological polar surface area (TPSA) is 61.5 Å². The molecule has 1 aromatic rings. The molecule has 1 fully saturated rings. The van der Waals surface area contributed by atoms with Gasteiger partial charge in [-0.2, -0.15) is 0 Å². The minimum absolute atomic E-state index is 0.0405. The van der Waals surface area contributed by atoms with Crippen molar-refractivity contribution in [3.8, 4) is 5.75 Å². The van der Waals surface area contributed by atoms with Crippen LogP contribution in [0, 0.1) is 26.2 Å². The number of rotatable bonds is 4. The summed E-state index contributed by atoms with van der Waals surface area (Å²) in [6, 6.07) is 2.02. The zero-order valence-corrected chi connectivity index (χ0v) is 12.0. The number of ketones is 1. The van der Waals surface area contributed by atoms with Crippen molar-refractivity contribution in [2.24, 2.45) is 11.1 Å². The van der Waals surface area contributed by atoms with Crippen LogP contribution in [0.1, 0.15) is 27.0 Å². The molecule has 1 heterocycles. The average molecular weight is 263 g/mol. The van der Waals surface area contributed by atoms with Crippen LogP contribution in [0.25, 0.3) is 0 Å². The lowest BCUT2D eigenvalue weighted by Crippen LogP contribution is -2.54. The minimum Gasteiger partial charge on any atom is -0.496 e. The molecule has 4 heteroatoms. The number of carbonyl (C=O) groups is 1. The fraction of sp³-hybridized carbons (Fsp3) is 0.533. The average Bonchev–Trinajstić information content (AvgIpc) is 2.32.